The summed E-state index contributed by atoms with van der Waals surface area (Å²) in [5.41, 5.74) is 2.72. The van der Waals surface area contributed by atoms with Crippen LogP contribution in [0.25, 0.3) is 0 Å². The van der Waals surface area contributed by atoms with Crippen molar-refractivity contribution < 1.29 is 4.74 Å². The van der Waals surface area contributed by atoms with E-state index in [4.69, 9.17) is 4.74 Å². The van der Waals surface area contributed by atoms with Gasteiger partial charge in [0.2, 0.25) is 0 Å². The number of rotatable bonds is 6. The number of ether oxygens (including phenoxy) is 1. The maximum absolute atomic E-state index is 5.69. The lowest BCUT2D eigenvalue weighted by molar-refractivity contribution is 0.0520. The monoisotopic (exact) mass is 331 g/mol. The minimum absolute atomic E-state index is 0.419. The van der Waals surface area contributed by atoms with Gasteiger partial charge in [-0.25, -0.2) is 0 Å². The summed E-state index contributed by atoms with van der Waals surface area (Å²) in [6, 6.07) is 10.5. The van der Waals surface area contributed by atoms with Crippen molar-refractivity contribution in [3.63, 3.8) is 0 Å². The van der Waals surface area contributed by atoms with Crippen LogP contribution < -0.4 is 10.6 Å². The molecule has 2 aliphatic rings. The van der Waals surface area contributed by atoms with E-state index in [1.54, 1.807) is 0 Å². The van der Waals surface area contributed by atoms with E-state index in [1.807, 2.05) is 0 Å². The van der Waals surface area contributed by atoms with Crippen LogP contribution in [0.2, 0.25) is 0 Å². The number of morpholine rings is 1. The minimum atomic E-state index is 0.419. The molecule has 1 saturated carbocycles. The number of nitrogens with one attached hydrogen (secondary N) is 2. The Balaban J connectivity index is 1.60. The normalized spacial score (nSPS) is 29.1. The van der Waals surface area contributed by atoms with Crippen molar-refractivity contribution in [1.29, 1.82) is 0 Å². The summed E-state index contributed by atoms with van der Waals surface area (Å²) < 4.78 is 5.69. The van der Waals surface area contributed by atoms with E-state index in [-0.39, 0.29) is 0 Å². The number of likely N-dealkylation sites (N-methyl/N-ethyl adjacent to an activating group) is 1. The fraction of sp³-hybridized carbons (Fsp3) is 0.700. The van der Waals surface area contributed by atoms with Crippen LogP contribution >= 0.6 is 0 Å². The number of hydrogen-bond acceptors (Lipinski definition) is 4. The van der Waals surface area contributed by atoms with Gasteiger partial charge in [-0.3, -0.25) is 0 Å². The Morgan fingerprint density at radius 2 is 2.04 bits per heavy atom. The van der Waals surface area contributed by atoms with Gasteiger partial charge in [-0.1, -0.05) is 36.2 Å². The predicted octanol–water partition coefficient (Wildman–Crippen LogP) is 2.34. The van der Waals surface area contributed by atoms with Crippen molar-refractivity contribution >= 4 is 0 Å². The van der Waals surface area contributed by atoms with E-state index < -0.39 is 0 Å². The second-order valence-corrected chi connectivity index (χ2v) is 7.64. The van der Waals surface area contributed by atoms with Gasteiger partial charge in [0.25, 0.3) is 0 Å². The molecule has 1 aliphatic heterocycles. The molecule has 0 radical (unpaired) electrons. The third-order valence-corrected chi connectivity index (χ3v) is 5.70. The molecule has 24 heavy (non-hydrogen) atoms. The van der Waals surface area contributed by atoms with Gasteiger partial charge >= 0.3 is 0 Å². The molecule has 4 heteroatoms. The lowest BCUT2D eigenvalue weighted by Gasteiger charge is -2.34. The molecule has 4 unspecified atom stereocenters. The average molecular weight is 332 g/mol. The van der Waals surface area contributed by atoms with Crippen LogP contribution in [0.4, 0.5) is 0 Å². The van der Waals surface area contributed by atoms with Crippen LogP contribution in [0.1, 0.15) is 36.4 Å². The first kappa shape index (κ1) is 17.9. The molecule has 0 aromatic heterocycles. The summed E-state index contributed by atoms with van der Waals surface area (Å²) in [6.45, 7) is 5.88. The molecular formula is C20H33N3O. The van der Waals surface area contributed by atoms with Crippen molar-refractivity contribution in [3.05, 3.63) is 35.4 Å². The van der Waals surface area contributed by atoms with E-state index in [9.17, 15) is 0 Å². The van der Waals surface area contributed by atoms with E-state index in [0.29, 0.717) is 24.0 Å². The topological polar surface area (TPSA) is 36.5 Å². The molecule has 1 aromatic carbocycles. The maximum atomic E-state index is 5.69. The van der Waals surface area contributed by atoms with Crippen molar-refractivity contribution in [1.82, 2.24) is 15.5 Å². The van der Waals surface area contributed by atoms with Crippen molar-refractivity contribution in [3.8, 4) is 0 Å². The molecule has 0 spiro atoms. The highest BCUT2D eigenvalue weighted by molar-refractivity contribution is 5.24. The highest BCUT2D eigenvalue weighted by Crippen LogP contribution is 2.30. The van der Waals surface area contributed by atoms with E-state index in [0.717, 1.165) is 26.3 Å². The highest BCUT2D eigenvalue weighted by Gasteiger charge is 2.34. The molecule has 1 aliphatic carbocycles. The molecule has 0 amide bonds. The number of aryl methyl sites for hydroxylation is 1. The lowest BCUT2D eigenvalue weighted by atomic mass is 9.93. The zero-order valence-corrected chi connectivity index (χ0v) is 15.4. The van der Waals surface area contributed by atoms with Crippen LogP contribution in [0, 0.1) is 12.8 Å². The standard InChI is InChI=1S/C20H33N3O/c1-15-7-9-16(10-8-15)20(23(2)3)13-22-18-6-4-5-17(18)19-14-24-12-11-21-19/h7-10,17-22H,4-6,11-14H2,1-3H3. The fourth-order valence-corrected chi connectivity index (χ4v) is 4.23. The van der Waals surface area contributed by atoms with Gasteiger partial charge in [0.05, 0.1) is 13.2 Å². The Hall–Kier alpha value is -0.940. The molecule has 1 saturated heterocycles. The van der Waals surface area contributed by atoms with Gasteiger partial charge in [0, 0.05) is 31.2 Å². The Morgan fingerprint density at radius 3 is 2.71 bits per heavy atom. The Bertz CT molecular complexity index is 496. The second kappa shape index (κ2) is 8.43. The fourth-order valence-electron chi connectivity index (χ4n) is 4.23. The molecular weight excluding hydrogens is 298 g/mol. The molecule has 3 rings (SSSR count). The summed E-state index contributed by atoms with van der Waals surface area (Å²) in [4.78, 5) is 2.32. The van der Waals surface area contributed by atoms with Crippen molar-refractivity contribution in [2.75, 3.05) is 40.4 Å². The molecule has 2 fully saturated rings. The summed E-state index contributed by atoms with van der Waals surface area (Å²) in [7, 11) is 4.35. The SMILES string of the molecule is Cc1ccc(C(CNC2CCCC2C2COCCN2)N(C)C)cc1. The third-order valence-electron chi connectivity index (χ3n) is 5.70. The predicted molar refractivity (Wildman–Crippen MR) is 99.3 cm³/mol. The number of benzene rings is 1. The Morgan fingerprint density at radius 1 is 1.25 bits per heavy atom. The lowest BCUT2D eigenvalue weighted by Crippen LogP contribution is -2.51. The molecule has 0 bridgehead atoms. The summed E-state index contributed by atoms with van der Waals surface area (Å²) in [5, 5.41) is 7.55. The van der Waals surface area contributed by atoms with Crippen molar-refractivity contribution in [2.45, 2.75) is 44.3 Å². The number of nitrogens with zero attached hydrogens (tertiary/aromatic N) is 1. The zero-order valence-electron chi connectivity index (χ0n) is 15.4. The van der Waals surface area contributed by atoms with Gasteiger partial charge in [0.1, 0.15) is 0 Å². The smallest absolute Gasteiger partial charge is 0.0623 e. The molecule has 4 nitrogen and oxygen atoms in total. The first-order chi connectivity index (χ1) is 11.6. The average Bonchev–Trinajstić information content (AvgIpc) is 3.06. The third kappa shape index (κ3) is 4.37. The molecule has 4 atom stereocenters. The van der Waals surface area contributed by atoms with Gasteiger partial charge in [-0.15, -0.1) is 0 Å². The van der Waals surface area contributed by atoms with Crippen LogP contribution in [0.3, 0.4) is 0 Å². The van der Waals surface area contributed by atoms with E-state index >= 15 is 0 Å². The zero-order chi connectivity index (χ0) is 16.9. The molecule has 2 N–H and O–H groups in total. The summed E-state index contributed by atoms with van der Waals surface area (Å²) in [5.74, 6) is 0.700. The van der Waals surface area contributed by atoms with Gasteiger partial charge < -0.3 is 20.3 Å². The Kier molecular flexibility index (Phi) is 6.28. The molecule has 1 heterocycles. The second-order valence-electron chi connectivity index (χ2n) is 7.64. The maximum Gasteiger partial charge on any atom is 0.0623 e. The van der Waals surface area contributed by atoms with Gasteiger partial charge in [0.15, 0.2) is 0 Å². The highest BCUT2D eigenvalue weighted by atomic mass is 16.5. The Labute approximate surface area is 147 Å². The van der Waals surface area contributed by atoms with Gasteiger partial charge in [-0.2, -0.15) is 0 Å². The first-order valence-electron chi connectivity index (χ1n) is 9.42. The van der Waals surface area contributed by atoms with Crippen LogP contribution in [0.5, 0.6) is 0 Å². The van der Waals surface area contributed by atoms with Crippen LogP contribution in [-0.4, -0.2) is 57.4 Å². The minimum Gasteiger partial charge on any atom is -0.379 e. The number of hydrogen-bond donors (Lipinski definition) is 2. The largest absolute Gasteiger partial charge is 0.379 e. The van der Waals surface area contributed by atoms with E-state index in [2.05, 4.69) is 60.8 Å². The van der Waals surface area contributed by atoms with Gasteiger partial charge in [-0.05, 0) is 45.3 Å². The van der Waals surface area contributed by atoms with Crippen LogP contribution in [0.15, 0.2) is 24.3 Å². The summed E-state index contributed by atoms with van der Waals surface area (Å²) >= 11 is 0. The van der Waals surface area contributed by atoms with Crippen molar-refractivity contribution in [2.24, 2.45) is 5.92 Å². The summed E-state index contributed by atoms with van der Waals surface area (Å²) in [6.07, 6.45) is 3.93. The molecule has 1 aromatic rings. The first-order valence-corrected chi connectivity index (χ1v) is 9.42. The van der Waals surface area contributed by atoms with Crippen LogP contribution in [-0.2, 0) is 4.74 Å². The quantitative estimate of drug-likeness (QED) is 0.839. The van der Waals surface area contributed by atoms with E-state index in [1.165, 1.54) is 30.4 Å². The molecule has 134 valence electrons.